The van der Waals surface area contributed by atoms with E-state index in [4.69, 9.17) is 0 Å². The minimum absolute atomic E-state index is 0.0290. The smallest absolute Gasteiger partial charge is 0.262 e. The summed E-state index contributed by atoms with van der Waals surface area (Å²) in [4.78, 5) is 12.5. The molecule has 2 heteroatoms. The fourth-order valence-corrected chi connectivity index (χ4v) is 2.27. The summed E-state index contributed by atoms with van der Waals surface area (Å²) >= 11 is 0. The van der Waals surface area contributed by atoms with Crippen LogP contribution in [0.2, 0.25) is 0 Å². The van der Waals surface area contributed by atoms with Crippen molar-refractivity contribution in [2.75, 3.05) is 0 Å². The number of aromatic nitrogens is 1. The first kappa shape index (κ1) is 11.7. The lowest BCUT2D eigenvalue weighted by Gasteiger charge is -2.09. The predicted octanol–water partition coefficient (Wildman–Crippen LogP) is 3.61. The quantitative estimate of drug-likeness (QED) is 0.645. The minimum atomic E-state index is 0.0290. The minimum Gasteiger partial charge on any atom is -0.284 e. The van der Waals surface area contributed by atoms with Gasteiger partial charge >= 0.3 is 0 Å². The van der Waals surface area contributed by atoms with Crippen molar-refractivity contribution in [1.29, 1.82) is 0 Å². The number of fused-ring (bicyclic) bond motifs is 1. The number of rotatable bonds is 1. The number of nitrogens with zero attached hydrogens (tertiary/aromatic N) is 1. The normalized spacial score (nSPS) is 10.8. The second-order valence-corrected chi connectivity index (χ2v) is 4.85. The highest BCUT2D eigenvalue weighted by molar-refractivity contribution is 5.81. The van der Waals surface area contributed by atoms with Gasteiger partial charge in [0.05, 0.1) is 0 Å². The van der Waals surface area contributed by atoms with Gasteiger partial charge in [-0.05, 0) is 54.6 Å². The maximum absolute atomic E-state index is 12.5. The van der Waals surface area contributed by atoms with E-state index in [1.54, 1.807) is 4.57 Å². The van der Waals surface area contributed by atoms with Gasteiger partial charge in [-0.25, -0.2) is 0 Å². The average Bonchev–Trinajstić information content (AvgIpc) is 2.43. The maximum Gasteiger partial charge on any atom is 0.262 e. The summed E-state index contributed by atoms with van der Waals surface area (Å²) in [5.74, 6) is 0. The van der Waals surface area contributed by atoms with E-state index in [9.17, 15) is 4.79 Å². The second kappa shape index (κ2) is 4.39. The van der Waals surface area contributed by atoms with Crippen LogP contribution >= 0.6 is 0 Å². The van der Waals surface area contributed by atoms with Gasteiger partial charge in [-0.2, -0.15) is 0 Å². The Balaban J connectivity index is 2.28. The predicted molar refractivity (Wildman–Crippen MR) is 79.0 cm³/mol. The first-order chi connectivity index (χ1) is 9.16. The molecular formula is C17H15NO. The molecule has 0 saturated heterocycles. The van der Waals surface area contributed by atoms with E-state index in [0.717, 1.165) is 16.5 Å². The van der Waals surface area contributed by atoms with Crippen LogP contribution in [0.4, 0.5) is 0 Å². The van der Waals surface area contributed by atoms with E-state index >= 15 is 0 Å². The molecule has 2 nitrogen and oxygen atoms in total. The van der Waals surface area contributed by atoms with Crippen LogP contribution in [0.5, 0.6) is 0 Å². The molecule has 94 valence electrons. The van der Waals surface area contributed by atoms with Crippen LogP contribution in [0, 0.1) is 13.8 Å². The molecule has 0 N–H and O–H groups in total. The molecule has 0 saturated carbocycles. The third kappa shape index (κ3) is 1.95. The van der Waals surface area contributed by atoms with Gasteiger partial charge in [-0.15, -0.1) is 0 Å². The Morgan fingerprint density at radius 3 is 2.47 bits per heavy atom. The van der Waals surface area contributed by atoms with Crippen molar-refractivity contribution < 1.29 is 0 Å². The number of hydrogen-bond acceptors (Lipinski definition) is 1. The number of benzene rings is 2. The number of pyridine rings is 1. The molecular weight excluding hydrogens is 234 g/mol. The summed E-state index contributed by atoms with van der Waals surface area (Å²) < 4.78 is 1.70. The Hall–Kier alpha value is -2.35. The van der Waals surface area contributed by atoms with Gasteiger partial charge in [0.25, 0.3) is 5.56 Å². The van der Waals surface area contributed by atoms with Gasteiger partial charge in [0.1, 0.15) is 0 Å². The Morgan fingerprint density at radius 1 is 0.895 bits per heavy atom. The second-order valence-electron chi connectivity index (χ2n) is 4.85. The Morgan fingerprint density at radius 2 is 1.68 bits per heavy atom. The van der Waals surface area contributed by atoms with Gasteiger partial charge in [-0.1, -0.05) is 24.3 Å². The Labute approximate surface area is 111 Å². The van der Waals surface area contributed by atoms with Crippen LogP contribution in [0.25, 0.3) is 16.5 Å². The van der Waals surface area contributed by atoms with Crippen LogP contribution in [-0.2, 0) is 0 Å². The van der Waals surface area contributed by atoms with Gasteiger partial charge in [-0.3, -0.25) is 9.36 Å². The molecule has 0 unspecified atom stereocenters. The summed E-state index contributed by atoms with van der Waals surface area (Å²) in [6.45, 7) is 4.13. The monoisotopic (exact) mass is 249 g/mol. The zero-order valence-electron chi connectivity index (χ0n) is 11.1. The first-order valence-corrected chi connectivity index (χ1v) is 6.35. The molecule has 0 radical (unpaired) electrons. The molecule has 19 heavy (non-hydrogen) atoms. The molecule has 3 rings (SSSR count). The summed E-state index contributed by atoms with van der Waals surface area (Å²) in [6, 6.07) is 15.7. The Kier molecular flexibility index (Phi) is 2.71. The largest absolute Gasteiger partial charge is 0.284 e. The van der Waals surface area contributed by atoms with Crippen molar-refractivity contribution in [3.63, 3.8) is 0 Å². The fourth-order valence-electron chi connectivity index (χ4n) is 2.27. The van der Waals surface area contributed by atoms with E-state index < -0.39 is 0 Å². The molecule has 0 aliphatic heterocycles. The van der Waals surface area contributed by atoms with Crippen LogP contribution in [0.3, 0.4) is 0 Å². The highest BCUT2D eigenvalue weighted by atomic mass is 16.1. The van der Waals surface area contributed by atoms with Crippen LogP contribution in [0.1, 0.15) is 11.1 Å². The summed E-state index contributed by atoms with van der Waals surface area (Å²) in [6.07, 6.45) is 1.84. The van der Waals surface area contributed by atoms with Crippen molar-refractivity contribution in [3.05, 3.63) is 76.2 Å². The van der Waals surface area contributed by atoms with E-state index in [2.05, 4.69) is 13.8 Å². The van der Waals surface area contributed by atoms with Gasteiger partial charge in [0.2, 0.25) is 0 Å². The number of aryl methyl sites for hydroxylation is 2. The van der Waals surface area contributed by atoms with E-state index in [1.807, 2.05) is 54.7 Å². The highest BCUT2D eigenvalue weighted by Gasteiger charge is 2.04. The third-order valence-electron chi connectivity index (χ3n) is 3.58. The third-order valence-corrected chi connectivity index (χ3v) is 3.58. The van der Waals surface area contributed by atoms with Crippen LogP contribution < -0.4 is 5.56 Å². The standard InChI is InChI=1S/C17H15NO/c1-12-7-8-15(11-13(12)2)18-10-9-14-5-3-4-6-16(14)17(18)19/h3-11H,1-2H3. The molecule has 0 aliphatic rings. The topological polar surface area (TPSA) is 22.0 Å². The molecule has 2 aromatic carbocycles. The molecule has 3 aromatic rings. The lowest BCUT2D eigenvalue weighted by molar-refractivity contribution is 1.00. The summed E-state index contributed by atoms with van der Waals surface area (Å²) in [5, 5.41) is 1.73. The fraction of sp³-hybridized carbons (Fsp3) is 0.118. The summed E-state index contributed by atoms with van der Waals surface area (Å²) in [7, 11) is 0. The lowest BCUT2D eigenvalue weighted by atomic mass is 10.1. The zero-order valence-corrected chi connectivity index (χ0v) is 11.1. The highest BCUT2D eigenvalue weighted by Crippen LogP contribution is 2.15. The molecule has 0 atom stereocenters. The van der Waals surface area contributed by atoms with E-state index in [-0.39, 0.29) is 5.56 Å². The van der Waals surface area contributed by atoms with Crippen molar-refractivity contribution >= 4 is 10.8 Å². The molecule has 1 heterocycles. The SMILES string of the molecule is Cc1ccc(-n2ccc3ccccc3c2=O)cc1C. The lowest BCUT2D eigenvalue weighted by Crippen LogP contribution is -2.17. The first-order valence-electron chi connectivity index (χ1n) is 6.35. The molecule has 1 aromatic heterocycles. The van der Waals surface area contributed by atoms with Crippen LogP contribution in [0.15, 0.2) is 59.5 Å². The van der Waals surface area contributed by atoms with Crippen molar-refractivity contribution in [1.82, 2.24) is 4.57 Å². The zero-order chi connectivity index (χ0) is 13.4. The van der Waals surface area contributed by atoms with Crippen LogP contribution in [-0.4, -0.2) is 4.57 Å². The summed E-state index contributed by atoms with van der Waals surface area (Å²) in [5.41, 5.74) is 3.37. The molecule has 0 amide bonds. The van der Waals surface area contributed by atoms with Gasteiger partial charge < -0.3 is 0 Å². The van der Waals surface area contributed by atoms with Gasteiger partial charge in [0, 0.05) is 17.3 Å². The van der Waals surface area contributed by atoms with Crippen molar-refractivity contribution in [3.8, 4) is 5.69 Å². The molecule has 0 fully saturated rings. The van der Waals surface area contributed by atoms with Crippen molar-refractivity contribution in [2.24, 2.45) is 0 Å². The maximum atomic E-state index is 12.5. The molecule has 0 spiro atoms. The molecule has 0 aliphatic carbocycles. The van der Waals surface area contributed by atoms with Crippen molar-refractivity contribution in [2.45, 2.75) is 13.8 Å². The average molecular weight is 249 g/mol. The van der Waals surface area contributed by atoms with E-state index in [0.29, 0.717) is 0 Å². The number of hydrogen-bond donors (Lipinski definition) is 0. The molecule has 0 bridgehead atoms. The Bertz CT molecular complexity index is 815. The van der Waals surface area contributed by atoms with E-state index in [1.165, 1.54) is 11.1 Å². The van der Waals surface area contributed by atoms with Gasteiger partial charge in [0.15, 0.2) is 0 Å².